The van der Waals surface area contributed by atoms with Crippen molar-refractivity contribution in [1.82, 2.24) is 5.32 Å². The van der Waals surface area contributed by atoms with Crippen molar-refractivity contribution in [1.29, 1.82) is 0 Å². The highest BCUT2D eigenvalue weighted by Gasteiger charge is 2.29. The topological polar surface area (TPSA) is 76.4 Å². The van der Waals surface area contributed by atoms with E-state index < -0.39 is 9.84 Å². The highest BCUT2D eigenvalue weighted by Crippen LogP contribution is 2.25. The van der Waals surface area contributed by atoms with Crippen LogP contribution in [0.1, 0.15) is 56.6 Å². The summed E-state index contributed by atoms with van der Waals surface area (Å²) in [7, 11) is -3.14. The summed E-state index contributed by atoms with van der Waals surface area (Å²) in [4.78, 5) is 11.9. The van der Waals surface area contributed by atoms with Gasteiger partial charge in [0.05, 0.1) is 17.0 Å². The quantitative estimate of drug-likeness (QED) is 0.875. The maximum Gasteiger partial charge on any atom is 0.221 e. The summed E-state index contributed by atoms with van der Waals surface area (Å²) in [6.07, 6.45) is 3.46. The van der Waals surface area contributed by atoms with Crippen molar-refractivity contribution >= 4 is 15.7 Å². The molecule has 0 saturated heterocycles. The van der Waals surface area contributed by atoms with Gasteiger partial charge in [-0.3, -0.25) is 4.79 Å². The van der Waals surface area contributed by atoms with Crippen LogP contribution in [0, 0.1) is 6.92 Å². The monoisotopic (exact) mass is 313 g/mol. The van der Waals surface area contributed by atoms with Gasteiger partial charge < -0.3 is 9.73 Å². The van der Waals surface area contributed by atoms with E-state index in [-0.39, 0.29) is 29.4 Å². The second kappa shape index (κ2) is 6.64. The van der Waals surface area contributed by atoms with Gasteiger partial charge in [0.15, 0.2) is 9.84 Å². The van der Waals surface area contributed by atoms with E-state index in [1.54, 1.807) is 0 Å². The van der Waals surface area contributed by atoms with Crippen molar-refractivity contribution in [3.8, 4) is 0 Å². The number of hydrogen-bond acceptors (Lipinski definition) is 4. The zero-order chi connectivity index (χ0) is 15.5. The fourth-order valence-electron chi connectivity index (χ4n) is 2.72. The van der Waals surface area contributed by atoms with E-state index in [9.17, 15) is 13.2 Å². The molecule has 1 N–H and O–H groups in total. The van der Waals surface area contributed by atoms with E-state index in [4.69, 9.17) is 4.42 Å². The van der Waals surface area contributed by atoms with Crippen molar-refractivity contribution in [2.24, 2.45) is 0 Å². The lowest BCUT2D eigenvalue weighted by Gasteiger charge is -2.13. The Kier molecular flexibility index (Phi) is 5.08. The molecule has 5 nitrogen and oxygen atoms in total. The summed E-state index contributed by atoms with van der Waals surface area (Å²) in [5.41, 5.74) is 0. The van der Waals surface area contributed by atoms with Crippen LogP contribution in [0.25, 0.3) is 0 Å². The van der Waals surface area contributed by atoms with Crippen LogP contribution in [0.2, 0.25) is 0 Å². The normalized spacial score (nSPS) is 17.8. The molecule has 6 heteroatoms. The van der Waals surface area contributed by atoms with Gasteiger partial charge in [0.2, 0.25) is 5.91 Å². The first-order valence-corrected chi connectivity index (χ1v) is 9.17. The summed E-state index contributed by atoms with van der Waals surface area (Å²) < 4.78 is 29.6. The highest BCUT2D eigenvalue weighted by atomic mass is 32.2. The fourth-order valence-corrected chi connectivity index (χ4v) is 4.57. The van der Waals surface area contributed by atoms with E-state index >= 15 is 0 Å². The molecule has 1 aromatic rings. The zero-order valence-corrected chi connectivity index (χ0v) is 13.4. The molecule has 1 heterocycles. The van der Waals surface area contributed by atoms with E-state index in [2.05, 4.69) is 5.32 Å². The maximum atomic E-state index is 12.1. The van der Waals surface area contributed by atoms with Crippen LogP contribution in [0.15, 0.2) is 16.5 Å². The molecule has 1 saturated carbocycles. The number of aryl methyl sites for hydroxylation is 1. The summed E-state index contributed by atoms with van der Waals surface area (Å²) in [6, 6.07) is 3.40. The number of rotatable bonds is 6. The van der Waals surface area contributed by atoms with Crippen LogP contribution in [0.4, 0.5) is 0 Å². The number of carbonyl (C=O) groups excluding carboxylic acids is 1. The first-order valence-electron chi connectivity index (χ1n) is 7.46. The van der Waals surface area contributed by atoms with Gasteiger partial charge in [0.1, 0.15) is 11.5 Å². The van der Waals surface area contributed by atoms with Crippen LogP contribution < -0.4 is 5.32 Å². The average molecular weight is 313 g/mol. The number of furan rings is 1. The van der Waals surface area contributed by atoms with Gasteiger partial charge >= 0.3 is 0 Å². The van der Waals surface area contributed by atoms with E-state index in [0.29, 0.717) is 5.76 Å². The van der Waals surface area contributed by atoms with Crippen molar-refractivity contribution in [3.05, 3.63) is 23.7 Å². The van der Waals surface area contributed by atoms with Gasteiger partial charge in [-0.1, -0.05) is 12.8 Å². The molecule has 0 unspecified atom stereocenters. The van der Waals surface area contributed by atoms with E-state index in [1.807, 2.05) is 26.0 Å². The van der Waals surface area contributed by atoms with Crippen LogP contribution in [0.5, 0.6) is 0 Å². The predicted octanol–water partition coefficient (Wildman–Crippen LogP) is 2.51. The van der Waals surface area contributed by atoms with Crippen LogP contribution in [0.3, 0.4) is 0 Å². The first-order chi connectivity index (χ1) is 9.88. The molecule has 0 aliphatic heterocycles. The van der Waals surface area contributed by atoms with Crippen molar-refractivity contribution in [2.75, 3.05) is 5.75 Å². The number of amides is 1. The molecular formula is C15H23NO4S. The van der Waals surface area contributed by atoms with E-state index in [1.165, 1.54) is 0 Å². The maximum absolute atomic E-state index is 12.1. The number of nitrogens with one attached hydrogen (secondary N) is 1. The minimum absolute atomic E-state index is 0.0167. The van der Waals surface area contributed by atoms with Crippen molar-refractivity contribution in [3.63, 3.8) is 0 Å². The lowest BCUT2D eigenvalue weighted by Crippen LogP contribution is -2.30. The Morgan fingerprint density at radius 2 is 2.05 bits per heavy atom. The molecule has 1 aliphatic rings. The Morgan fingerprint density at radius 3 is 2.62 bits per heavy atom. The second-order valence-corrected chi connectivity index (χ2v) is 8.16. The smallest absolute Gasteiger partial charge is 0.221 e. The zero-order valence-electron chi connectivity index (χ0n) is 12.6. The Balaban J connectivity index is 1.82. The van der Waals surface area contributed by atoms with Crippen molar-refractivity contribution in [2.45, 2.75) is 57.2 Å². The molecule has 0 spiro atoms. The molecule has 2 rings (SSSR count). The van der Waals surface area contributed by atoms with Gasteiger partial charge in [-0.15, -0.1) is 0 Å². The minimum atomic E-state index is -3.14. The second-order valence-electron chi connectivity index (χ2n) is 5.76. The number of hydrogen-bond donors (Lipinski definition) is 1. The molecule has 1 aromatic heterocycles. The molecule has 118 valence electrons. The molecular weight excluding hydrogens is 290 g/mol. The summed E-state index contributed by atoms with van der Waals surface area (Å²) in [5.74, 6) is 1.15. The third-order valence-corrected chi connectivity index (χ3v) is 6.25. The Labute approximate surface area is 126 Å². The fraction of sp³-hybridized carbons (Fsp3) is 0.667. The third-order valence-electron chi connectivity index (χ3n) is 3.99. The average Bonchev–Trinajstić information content (AvgIpc) is 3.07. The third kappa shape index (κ3) is 4.33. The molecule has 1 aliphatic carbocycles. The van der Waals surface area contributed by atoms with Gasteiger partial charge in [0, 0.05) is 6.42 Å². The Hall–Kier alpha value is -1.30. The Bertz CT molecular complexity index is 585. The first kappa shape index (κ1) is 16.1. The van der Waals surface area contributed by atoms with Crippen LogP contribution in [-0.4, -0.2) is 25.3 Å². The van der Waals surface area contributed by atoms with Crippen LogP contribution >= 0.6 is 0 Å². The Morgan fingerprint density at radius 1 is 1.38 bits per heavy atom. The lowest BCUT2D eigenvalue weighted by molar-refractivity contribution is -0.121. The minimum Gasteiger partial charge on any atom is -0.464 e. The molecule has 1 atom stereocenters. The summed E-state index contributed by atoms with van der Waals surface area (Å²) >= 11 is 0. The van der Waals surface area contributed by atoms with E-state index in [0.717, 1.165) is 31.4 Å². The van der Waals surface area contributed by atoms with Gasteiger partial charge in [0.25, 0.3) is 0 Å². The van der Waals surface area contributed by atoms with Crippen LogP contribution in [-0.2, 0) is 14.6 Å². The van der Waals surface area contributed by atoms with Gasteiger partial charge in [-0.05, 0) is 38.8 Å². The standard InChI is InChI=1S/C15H23NO4S/c1-11-7-8-14(20-11)12(2)16-15(17)9-10-21(18,19)13-5-3-4-6-13/h7-8,12-13H,3-6,9-10H2,1-2H3,(H,16,17)/t12-/m1/s1. The van der Waals surface area contributed by atoms with Gasteiger partial charge in [-0.25, -0.2) is 8.42 Å². The summed E-state index contributed by atoms with van der Waals surface area (Å²) in [5, 5.41) is 2.54. The number of sulfone groups is 1. The van der Waals surface area contributed by atoms with Gasteiger partial charge in [-0.2, -0.15) is 0 Å². The van der Waals surface area contributed by atoms with Crippen molar-refractivity contribution < 1.29 is 17.6 Å². The highest BCUT2D eigenvalue weighted by molar-refractivity contribution is 7.92. The predicted molar refractivity (Wildman–Crippen MR) is 80.7 cm³/mol. The largest absolute Gasteiger partial charge is 0.464 e. The molecule has 1 fully saturated rings. The summed E-state index contributed by atoms with van der Waals surface area (Å²) in [6.45, 7) is 3.66. The molecule has 0 aromatic carbocycles. The molecule has 0 radical (unpaired) electrons. The number of carbonyl (C=O) groups is 1. The molecule has 0 bridgehead atoms. The molecule has 21 heavy (non-hydrogen) atoms. The SMILES string of the molecule is Cc1ccc([C@@H](C)NC(=O)CCS(=O)(=O)C2CCCC2)o1. The molecule has 1 amide bonds. The lowest BCUT2D eigenvalue weighted by atomic mass is 10.2.